The molecule has 4 rings (SSSR count). The number of hydrogen-bond acceptors (Lipinski definition) is 5. The van der Waals surface area contributed by atoms with E-state index < -0.39 is 10.0 Å². The molecular weight excluding hydrogens is 354 g/mol. The Balaban J connectivity index is 1.59. The molecule has 0 aromatic carbocycles. The number of amides is 1. The van der Waals surface area contributed by atoms with Crippen molar-refractivity contribution in [3.8, 4) is 0 Å². The van der Waals surface area contributed by atoms with Gasteiger partial charge in [-0.05, 0) is 50.7 Å². The van der Waals surface area contributed by atoms with Crippen LogP contribution in [0.15, 0.2) is 18.2 Å². The highest BCUT2D eigenvalue weighted by atomic mass is 32.2. The van der Waals surface area contributed by atoms with Crippen LogP contribution in [0.25, 0.3) is 0 Å². The Hall–Kier alpha value is -1.67. The first-order valence-corrected chi connectivity index (χ1v) is 11.2. The van der Waals surface area contributed by atoms with E-state index in [1.54, 1.807) is 11.0 Å². The Morgan fingerprint density at radius 3 is 2.69 bits per heavy atom. The zero-order chi connectivity index (χ0) is 18.4. The van der Waals surface area contributed by atoms with E-state index in [4.69, 9.17) is 4.74 Å². The zero-order valence-electron chi connectivity index (χ0n) is 15.1. The first kappa shape index (κ1) is 17.7. The number of ether oxygens (including phenoxy) is 1. The van der Waals surface area contributed by atoms with E-state index in [9.17, 15) is 13.2 Å². The molecule has 2 aliphatic heterocycles. The third-order valence-electron chi connectivity index (χ3n) is 5.74. The fraction of sp³-hybridized carbons (Fsp3) is 0.667. The maximum Gasteiger partial charge on any atom is 0.416 e. The van der Waals surface area contributed by atoms with E-state index >= 15 is 0 Å². The molecule has 7 nitrogen and oxygen atoms in total. The largest absolute Gasteiger partial charge is 0.441 e. The number of hydrogen-bond donors (Lipinski definition) is 0. The lowest BCUT2D eigenvalue weighted by Gasteiger charge is -2.30. The predicted molar refractivity (Wildman–Crippen MR) is 97.4 cm³/mol. The van der Waals surface area contributed by atoms with Crippen molar-refractivity contribution in [2.75, 3.05) is 24.2 Å². The molecule has 1 aliphatic carbocycles. The smallest absolute Gasteiger partial charge is 0.416 e. The number of carbonyl (C=O) groups excluding carboxylic acids is 1. The summed E-state index contributed by atoms with van der Waals surface area (Å²) in [7, 11) is -3.28. The van der Waals surface area contributed by atoms with Crippen LogP contribution < -0.4 is 4.90 Å². The lowest BCUT2D eigenvalue weighted by Crippen LogP contribution is -2.36. The van der Waals surface area contributed by atoms with Crippen LogP contribution in [0, 0.1) is 0 Å². The second kappa shape index (κ2) is 6.49. The van der Waals surface area contributed by atoms with Crippen LogP contribution in [0.5, 0.6) is 0 Å². The van der Waals surface area contributed by atoms with Gasteiger partial charge in [0, 0.05) is 6.54 Å². The molecule has 8 heteroatoms. The monoisotopic (exact) mass is 379 g/mol. The van der Waals surface area contributed by atoms with Crippen LogP contribution in [0.1, 0.15) is 56.7 Å². The van der Waals surface area contributed by atoms with Gasteiger partial charge in [0.15, 0.2) is 0 Å². The molecule has 0 N–H and O–H groups in total. The molecule has 142 valence electrons. The third-order valence-corrected chi connectivity index (χ3v) is 7.03. The molecule has 2 saturated heterocycles. The minimum Gasteiger partial charge on any atom is -0.441 e. The Kier molecular flexibility index (Phi) is 4.43. The summed E-state index contributed by atoms with van der Waals surface area (Å²) in [6.07, 6.45) is 7.62. The molecule has 1 aromatic heterocycles. The molecular formula is C18H25N3O4S. The van der Waals surface area contributed by atoms with Gasteiger partial charge in [0.05, 0.1) is 24.5 Å². The van der Waals surface area contributed by atoms with Gasteiger partial charge in [-0.25, -0.2) is 18.2 Å². The topological polar surface area (TPSA) is 79.8 Å². The Bertz CT molecular complexity index is 804. The molecule has 3 heterocycles. The molecule has 3 aliphatic rings. The summed E-state index contributed by atoms with van der Waals surface area (Å²) in [5.41, 5.74) is 0.321. The molecule has 1 spiro atoms. The summed E-state index contributed by atoms with van der Waals surface area (Å²) >= 11 is 0. The van der Waals surface area contributed by atoms with Gasteiger partial charge in [0.2, 0.25) is 10.0 Å². The molecule has 1 amide bonds. The van der Waals surface area contributed by atoms with Gasteiger partial charge >= 0.3 is 6.09 Å². The van der Waals surface area contributed by atoms with Crippen molar-refractivity contribution in [3.05, 3.63) is 23.9 Å². The fourth-order valence-electron chi connectivity index (χ4n) is 4.46. The van der Waals surface area contributed by atoms with E-state index in [1.807, 2.05) is 12.1 Å². The lowest BCUT2D eigenvalue weighted by molar-refractivity contribution is 0.0260. The van der Waals surface area contributed by atoms with Crippen LogP contribution in [0.2, 0.25) is 0 Å². The first-order valence-electron chi connectivity index (χ1n) is 9.32. The van der Waals surface area contributed by atoms with Gasteiger partial charge in [0.1, 0.15) is 11.4 Å². The van der Waals surface area contributed by atoms with Crippen molar-refractivity contribution in [2.24, 2.45) is 0 Å². The van der Waals surface area contributed by atoms with Crippen molar-refractivity contribution in [1.29, 1.82) is 0 Å². The maximum atomic E-state index is 12.5. The highest BCUT2D eigenvalue weighted by molar-refractivity contribution is 7.88. The van der Waals surface area contributed by atoms with Crippen LogP contribution in [0.3, 0.4) is 0 Å². The highest BCUT2D eigenvalue weighted by Gasteiger charge is 2.46. The minimum absolute atomic E-state index is 0.257. The summed E-state index contributed by atoms with van der Waals surface area (Å²) in [5.74, 6) is 0.551. The molecule has 26 heavy (non-hydrogen) atoms. The third kappa shape index (κ3) is 3.20. The fourth-order valence-corrected chi connectivity index (χ4v) is 5.60. The molecule has 1 atom stereocenters. The number of aromatic nitrogens is 1. The quantitative estimate of drug-likeness (QED) is 0.807. The SMILES string of the molecule is CS(=O)(=O)N1CCC[C@H]1c1cccc(N2CC3(CCCCC3)OC2=O)n1. The Labute approximate surface area is 154 Å². The molecule has 0 unspecified atom stereocenters. The van der Waals surface area contributed by atoms with Gasteiger partial charge in [-0.15, -0.1) is 0 Å². The maximum absolute atomic E-state index is 12.5. The Morgan fingerprint density at radius 1 is 1.19 bits per heavy atom. The van der Waals surface area contributed by atoms with Crippen molar-refractivity contribution in [2.45, 2.75) is 56.6 Å². The average Bonchev–Trinajstić information content (AvgIpc) is 3.21. The van der Waals surface area contributed by atoms with Gasteiger partial charge in [-0.3, -0.25) is 4.90 Å². The van der Waals surface area contributed by atoms with Crippen molar-refractivity contribution >= 4 is 21.9 Å². The molecule has 0 radical (unpaired) electrons. The van der Waals surface area contributed by atoms with Gasteiger partial charge < -0.3 is 4.74 Å². The summed E-state index contributed by atoms with van der Waals surface area (Å²) in [6, 6.07) is 5.23. The lowest BCUT2D eigenvalue weighted by atomic mass is 9.85. The number of rotatable bonds is 3. The normalized spacial score (nSPS) is 26.4. The second-order valence-electron chi connectivity index (χ2n) is 7.65. The summed E-state index contributed by atoms with van der Waals surface area (Å²) in [4.78, 5) is 18.7. The number of anilines is 1. The van der Waals surface area contributed by atoms with Crippen molar-refractivity contribution < 1.29 is 17.9 Å². The van der Waals surface area contributed by atoms with Gasteiger partial charge in [-0.1, -0.05) is 12.5 Å². The number of carbonyl (C=O) groups is 1. The zero-order valence-corrected chi connectivity index (χ0v) is 15.9. The molecule has 1 saturated carbocycles. The number of pyridine rings is 1. The summed E-state index contributed by atoms with van der Waals surface area (Å²) < 4.78 is 31.3. The second-order valence-corrected chi connectivity index (χ2v) is 9.59. The summed E-state index contributed by atoms with van der Waals surface area (Å²) in [6.45, 7) is 1.05. The standard InChI is InChI=1S/C18H25N3O4S/c1-26(23,24)21-12-6-8-15(21)14-7-5-9-16(19-14)20-13-18(25-17(20)22)10-3-2-4-11-18/h5,7,9,15H,2-4,6,8,10-13H2,1H3/t15-/m0/s1. The van der Waals surface area contributed by atoms with Crippen LogP contribution in [-0.2, 0) is 14.8 Å². The highest BCUT2D eigenvalue weighted by Crippen LogP contribution is 2.39. The number of sulfonamides is 1. The van der Waals surface area contributed by atoms with Crippen LogP contribution in [-0.4, -0.2) is 48.7 Å². The molecule has 3 fully saturated rings. The van der Waals surface area contributed by atoms with Gasteiger partial charge in [0.25, 0.3) is 0 Å². The first-order chi connectivity index (χ1) is 12.4. The van der Waals surface area contributed by atoms with Crippen molar-refractivity contribution in [3.63, 3.8) is 0 Å². The van der Waals surface area contributed by atoms with Gasteiger partial charge in [-0.2, -0.15) is 4.31 Å². The predicted octanol–water partition coefficient (Wildman–Crippen LogP) is 2.84. The van der Waals surface area contributed by atoms with E-state index in [0.717, 1.165) is 38.5 Å². The van der Waals surface area contributed by atoms with Crippen LogP contribution in [0.4, 0.5) is 10.6 Å². The minimum atomic E-state index is -3.28. The van der Waals surface area contributed by atoms with Crippen molar-refractivity contribution in [1.82, 2.24) is 9.29 Å². The van der Waals surface area contributed by atoms with Crippen LogP contribution >= 0.6 is 0 Å². The van der Waals surface area contributed by atoms with E-state index in [1.165, 1.54) is 17.0 Å². The summed E-state index contributed by atoms with van der Waals surface area (Å²) in [5, 5.41) is 0. The molecule has 0 bridgehead atoms. The molecule has 1 aromatic rings. The average molecular weight is 379 g/mol. The van der Waals surface area contributed by atoms with E-state index in [2.05, 4.69) is 4.98 Å². The Morgan fingerprint density at radius 2 is 1.96 bits per heavy atom. The number of nitrogens with zero attached hydrogens (tertiary/aromatic N) is 3. The van der Waals surface area contributed by atoms with E-state index in [-0.39, 0.29) is 17.7 Å². The van der Waals surface area contributed by atoms with E-state index in [0.29, 0.717) is 24.6 Å².